The van der Waals surface area contributed by atoms with Gasteiger partial charge in [0.15, 0.2) is 0 Å². The summed E-state index contributed by atoms with van der Waals surface area (Å²) in [4.78, 5) is 25.7. The summed E-state index contributed by atoms with van der Waals surface area (Å²) in [7, 11) is 0. The molecule has 1 aromatic rings. The first kappa shape index (κ1) is 17.3. The topological polar surface area (TPSA) is 81.9 Å². The maximum absolute atomic E-state index is 12.2. The lowest BCUT2D eigenvalue weighted by molar-refractivity contribution is -0.160. The van der Waals surface area contributed by atoms with Gasteiger partial charge in [0.05, 0.1) is 12.1 Å². The fraction of sp³-hybridized carbons (Fsp3) is 0.529. The molecule has 1 fully saturated rings. The minimum atomic E-state index is -0.715. The molecule has 126 valence electrons. The van der Waals surface area contributed by atoms with Gasteiger partial charge in [-0.05, 0) is 32.8 Å². The summed E-state index contributed by atoms with van der Waals surface area (Å²) >= 11 is 0. The number of esters is 1. The van der Waals surface area contributed by atoms with E-state index in [0.29, 0.717) is 13.0 Å². The lowest BCUT2D eigenvalue weighted by Gasteiger charge is -2.26. The van der Waals surface area contributed by atoms with Gasteiger partial charge in [0.2, 0.25) is 0 Å². The average molecular weight is 320 g/mol. The molecule has 6 nitrogen and oxygen atoms in total. The van der Waals surface area contributed by atoms with Crippen molar-refractivity contribution in [3.63, 3.8) is 0 Å². The fourth-order valence-electron chi connectivity index (χ4n) is 2.47. The van der Waals surface area contributed by atoms with Crippen LogP contribution in [0.25, 0.3) is 0 Å². The molecule has 0 aromatic heterocycles. The van der Waals surface area contributed by atoms with Crippen molar-refractivity contribution >= 4 is 12.1 Å². The summed E-state index contributed by atoms with van der Waals surface area (Å²) in [5.41, 5.74) is 6.37. The number of likely N-dealkylation sites (tertiary alicyclic amines) is 1. The zero-order valence-corrected chi connectivity index (χ0v) is 13.8. The molecule has 0 radical (unpaired) electrons. The first-order valence-electron chi connectivity index (χ1n) is 7.74. The van der Waals surface area contributed by atoms with Crippen LogP contribution in [0.1, 0.15) is 32.8 Å². The quantitative estimate of drug-likeness (QED) is 0.864. The molecular weight excluding hydrogens is 296 g/mol. The van der Waals surface area contributed by atoms with Crippen molar-refractivity contribution < 1.29 is 19.1 Å². The molecule has 23 heavy (non-hydrogen) atoms. The molecule has 0 spiro atoms. The van der Waals surface area contributed by atoms with E-state index in [-0.39, 0.29) is 12.6 Å². The van der Waals surface area contributed by atoms with Gasteiger partial charge in [-0.3, -0.25) is 9.69 Å². The van der Waals surface area contributed by atoms with Gasteiger partial charge in [0, 0.05) is 6.54 Å². The molecule has 1 heterocycles. The normalized spacial score (nSPS) is 21.1. The number of amides is 1. The van der Waals surface area contributed by atoms with E-state index in [1.807, 2.05) is 30.3 Å². The van der Waals surface area contributed by atoms with Crippen LogP contribution in [0, 0.1) is 5.92 Å². The van der Waals surface area contributed by atoms with Gasteiger partial charge < -0.3 is 15.2 Å². The summed E-state index contributed by atoms with van der Waals surface area (Å²) in [5, 5.41) is 0. The van der Waals surface area contributed by atoms with Crippen LogP contribution in [0.4, 0.5) is 4.79 Å². The maximum atomic E-state index is 12.2. The third-order valence-corrected chi connectivity index (χ3v) is 3.60. The van der Waals surface area contributed by atoms with Crippen molar-refractivity contribution in [3.05, 3.63) is 35.9 Å². The summed E-state index contributed by atoms with van der Waals surface area (Å²) in [5.74, 6) is -0.887. The van der Waals surface area contributed by atoms with E-state index >= 15 is 0 Å². The minimum absolute atomic E-state index is 0.181. The lowest BCUT2D eigenvalue weighted by Crippen LogP contribution is -2.47. The van der Waals surface area contributed by atoms with Gasteiger partial charge in [-0.1, -0.05) is 30.3 Å². The number of hydrogen-bond donors (Lipinski definition) is 1. The van der Waals surface area contributed by atoms with Crippen molar-refractivity contribution in [2.45, 2.75) is 45.6 Å². The van der Waals surface area contributed by atoms with E-state index in [1.165, 1.54) is 4.90 Å². The Balaban J connectivity index is 1.89. The summed E-state index contributed by atoms with van der Waals surface area (Å²) < 4.78 is 10.6. The Bertz CT molecular complexity index is 553. The first-order valence-corrected chi connectivity index (χ1v) is 7.74. The first-order chi connectivity index (χ1) is 10.8. The molecule has 0 saturated carbocycles. The van der Waals surface area contributed by atoms with Gasteiger partial charge in [-0.15, -0.1) is 0 Å². The third-order valence-electron chi connectivity index (χ3n) is 3.60. The third kappa shape index (κ3) is 4.69. The highest BCUT2D eigenvalue weighted by atomic mass is 16.6. The predicted molar refractivity (Wildman–Crippen MR) is 85.3 cm³/mol. The Morgan fingerprint density at radius 1 is 1.26 bits per heavy atom. The Kier molecular flexibility index (Phi) is 5.26. The van der Waals surface area contributed by atoms with Crippen molar-refractivity contribution in [3.8, 4) is 0 Å². The van der Waals surface area contributed by atoms with Crippen LogP contribution in [-0.2, 0) is 20.9 Å². The summed E-state index contributed by atoms with van der Waals surface area (Å²) in [6.07, 6.45) is -0.739. The molecular formula is C17H24N2O4. The summed E-state index contributed by atoms with van der Waals surface area (Å²) in [6.45, 7) is 5.98. The van der Waals surface area contributed by atoms with Crippen LogP contribution >= 0.6 is 0 Å². The van der Waals surface area contributed by atoms with Crippen molar-refractivity contribution in [2.75, 3.05) is 6.54 Å². The van der Waals surface area contributed by atoms with Gasteiger partial charge in [-0.2, -0.15) is 0 Å². The molecule has 2 N–H and O–H groups in total. The number of nitrogens with two attached hydrogens (primary N) is 1. The fourth-order valence-corrected chi connectivity index (χ4v) is 2.47. The van der Waals surface area contributed by atoms with Gasteiger partial charge in [0.25, 0.3) is 0 Å². The van der Waals surface area contributed by atoms with Gasteiger partial charge in [0.1, 0.15) is 12.2 Å². The van der Waals surface area contributed by atoms with Crippen molar-refractivity contribution in [1.82, 2.24) is 4.90 Å². The zero-order chi connectivity index (χ0) is 17.0. The second kappa shape index (κ2) is 7.00. The average Bonchev–Trinajstić information content (AvgIpc) is 2.86. The second-order valence-corrected chi connectivity index (χ2v) is 6.65. The standard InChI is InChI=1S/C17H24N2O4/c1-17(2,3)23-15(20)13-9-10-19(14(13)18)16(21)22-11-12-7-5-4-6-8-12/h4-8,13-14H,9-11,18H2,1-3H3/t13-,14+/m0/s1. The largest absolute Gasteiger partial charge is 0.460 e. The molecule has 6 heteroatoms. The van der Waals surface area contributed by atoms with Crippen LogP contribution in [-0.4, -0.2) is 35.3 Å². The highest BCUT2D eigenvalue weighted by molar-refractivity contribution is 5.76. The second-order valence-electron chi connectivity index (χ2n) is 6.65. The SMILES string of the molecule is CC(C)(C)OC(=O)[C@H]1CCN(C(=O)OCc2ccccc2)[C@H]1N. The Labute approximate surface area is 136 Å². The van der Waals surface area contributed by atoms with E-state index in [0.717, 1.165) is 5.56 Å². The van der Waals surface area contributed by atoms with Crippen LogP contribution < -0.4 is 5.73 Å². The molecule has 1 aliphatic heterocycles. The van der Waals surface area contributed by atoms with Crippen molar-refractivity contribution in [2.24, 2.45) is 11.7 Å². The Morgan fingerprint density at radius 2 is 1.91 bits per heavy atom. The Morgan fingerprint density at radius 3 is 2.52 bits per heavy atom. The number of benzene rings is 1. The molecule has 1 amide bonds. The zero-order valence-electron chi connectivity index (χ0n) is 13.8. The van der Waals surface area contributed by atoms with Crippen LogP contribution in [0.3, 0.4) is 0 Å². The Hall–Kier alpha value is -2.08. The van der Waals surface area contributed by atoms with Crippen LogP contribution in [0.5, 0.6) is 0 Å². The summed E-state index contributed by atoms with van der Waals surface area (Å²) in [6, 6.07) is 9.40. The van der Waals surface area contributed by atoms with Crippen LogP contribution in [0.15, 0.2) is 30.3 Å². The molecule has 2 rings (SSSR count). The number of carbonyl (C=O) groups excluding carboxylic acids is 2. The van der Waals surface area contributed by atoms with E-state index in [9.17, 15) is 9.59 Å². The highest BCUT2D eigenvalue weighted by Crippen LogP contribution is 2.25. The smallest absolute Gasteiger partial charge is 0.411 e. The van der Waals surface area contributed by atoms with Crippen molar-refractivity contribution in [1.29, 1.82) is 0 Å². The molecule has 0 unspecified atom stereocenters. The molecule has 2 atom stereocenters. The van der Waals surface area contributed by atoms with Crippen LogP contribution in [0.2, 0.25) is 0 Å². The maximum Gasteiger partial charge on any atom is 0.411 e. The van der Waals surface area contributed by atoms with E-state index < -0.39 is 23.8 Å². The van der Waals surface area contributed by atoms with Gasteiger partial charge >= 0.3 is 12.1 Å². The molecule has 1 saturated heterocycles. The number of rotatable bonds is 3. The van der Waals surface area contributed by atoms with Gasteiger partial charge in [-0.25, -0.2) is 4.79 Å². The molecule has 0 aliphatic carbocycles. The molecule has 0 bridgehead atoms. The number of carbonyl (C=O) groups is 2. The molecule has 1 aliphatic rings. The monoisotopic (exact) mass is 320 g/mol. The predicted octanol–water partition coefficient (Wildman–Crippen LogP) is 2.27. The lowest BCUT2D eigenvalue weighted by atomic mass is 10.1. The van der Waals surface area contributed by atoms with E-state index in [4.69, 9.17) is 15.2 Å². The number of hydrogen-bond acceptors (Lipinski definition) is 5. The minimum Gasteiger partial charge on any atom is -0.460 e. The number of ether oxygens (including phenoxy) is 2. The number of nitrogens with zero attached hydrogens (tertiary/aromatic N) is 1. The highest BCUT2D eigenvalue weighted by Gasteiger charge is 2.41. The van der Waals surface area contributed by atoms with E-state index in [1.54, 1.807) is 20.8 Å². The molecule has 1 aromatic carbocycles. The van der Waals surface area contributed by atoms with E-state index in [2.05, 4.69) is 0 Å².